The maximum absolute atomic E-state index is 12.1. The number of benzene rings is 2. The standard InChI is InChI=1S/C21H21NO5/c1-14-4-3-5-16(10-14)7-9-20(23)27-15(2)21(24)22-12-17-6-8-18-19(11-17)26-13-25-18/h3-11,15H,12-13H2,1-2H3,(H,22,24)/b9-7+/t15-/m0/s1. The quantitative estimate of drug-likeness (QED) is 0.628. The van der Waals surface area contributed by atoms with E-state index >= 15 is 0 Å². The van der Waals surface area contributed by atoms with Gasteiger partial charge in [-0.25, -0.2) is 4.79 Å². The molecule has 6 nitrogen and oxygen atoms in total. The van der Waals surface area contributed by atoms with Crippen LogP contribution in [0.2, 0.25) is 0 Å². The summed E-state index contributed by atoms with van der Waals surface area (Å²) < 4.78 is 15.7. The lowest BCUT2D eigenvalue weighted by Crippen LogP contribution is -2.35. The molecule has 1 N–H and O–H groups in total. The Morgan fingerprint density at radius 1 is 1.19 bits per heavy atom. The van der Waals surface area contributed by atoms with Gasteiger partial charge in [-0.05, 0) is 43.2 Å². The van der Waals surface area contributed by atoms with Crippen molar-refractivity contribution in [2.24, 2.45) is 0 Å². The Balaban J connectivity index is 1.47. The van der Waals surface area contributed by atoms with Crippen molar-refractivity contribution in [3.8, 4) is 11.5 Å². The molecule has 3 rings (SSSR count). The topological polar surface area (TPSA) is 73.9 Å². The summed E-state index contributed by atoms with van der Waals surface area (Å²) in [6.45, 7) is 4.01. The molecule has 140 valence electrons. The van der Waals surface area contributed by atoms with E-state index in [9.17, 15) is 9.59 Å². The lowest BCUT2D eigenvalue weighted by molar-refractivity contribution is -0.150. The zero-order chi connectivity index (χ0) is 19.2. The van der Waals surface area contributed by atoms with Crippen LogP contribution in [0.4, 0.5) is 0 Å². The highest BCUT2D eigenvalue weighted by Gasteiger charge is 2.17. The number of hydrogen-bond donors (Lipinski definition) is 1. The lowest BCUT2D eigenvalue weighted by atomic mass is 10.1. The molecule has 0 saturated heterocycles. The summed E-state index contributed by atoms with van der Waals surface area (Å²) in [5.41, 5.74) is 2.86. The number of hydrogen-bond acceptors (Lipinski definition) is 5. The van der Waals surface area contributed by atoms with Crippen molar-refractivity contribution in [2.75, 3.05) is 6.79 Å². The molecule has 0 aliphatic carbocycles. The SMILES string of the molecule is Cc1cccc(/C=C/C(=O)O[C@@H](C)C(=O)NCc2ccc3c(c2)OCO3)c1. The summed E-state index contributed by atoms with van der Waals surface area (Å²) in [6.07, 6.45) is 2.08. The number of amides is 1. The average Bonchev–Trinajstić information content (AvgIpc) is 3.12. The summed E-state index contributed by atoms with van der Waals surface area (Å²) in [7, 11) is 0. The van der Waals surface area contributed by atoms with Gasteiger partial charge in [-0.3, -0.25) is 4.79 Å². The average molecular weight is 367 g/mol. The molecule has 0 radical (unpaired) electrons. The van der Waals surface area contributed by atoms with E-state index in [1.807, 2.05) is 43.3 Å². The first kappa shape index (κ1) is 18.5. The van der Waals surface area contributed by atoms with Crippen LogP contribution in [0.1, 0.15) is 23.6 Å². The molecule has 0 aromatic heterocycles. The van der Waals surface area contributed by atoms with E-state index in [-0.39, 0.29) is 12.7 Å². The molecule has 0 bridgehead atoms. The molecule has 1 amide bonds. The molecule has 0 unspecified atom stereocenters. The molecule has 27 heavy (non-hydrogen) atoms. The zero-order valence-corrected chi connectivity index (χ0v) is 15.2. The van der Waals surface area contributed by atoms with Crippen molar-refractivity contribution in [2.45, 2.75) is 26.5 Å². The highest BCUT2D eigenvalue weighted by atomic mass is 16.7. The Morgan fingerprint density at radius 2 is 2.00 bits per heavy atom. The smallest absolute Gasteiger partial charge is 0.331 e. The van der Waals surface area contributed by atoms with Crippen molar-refractivity contribution >= 4 is 18.0 Å². The third-order valence-electron chi connectivity index (χ3n) is 4.02. The number of rotatable bonds is 6. The van der Waals surface area contributed by atoms with Crippen LogP contribution in [0.5, 0.6) is 11.5 Å². The van der Waals surface area contributed by atoms with Crippen molar-refractivity contribution in [3.63, 3.8) is 0 Å². The third kappa shape index (κ3) is 5.10. The van der Waals surface area contributed by atoms with Gasteiger partial charge in [0.15, 0.2) is 17.6 Å². The van der Waals surface area contributed by atoms with Crippen LogP contribution in [0, 0.1) is 6.92 Å². The van der Waals surface area contributed by atoms with Crippen molar-refractivity contribution in [1.29, 1.82) is 0 Å². The van der Waals surface area contributed by atoms with Crippen molar-refractivity contribution in [3.05, 3.63) is 65.2 Å². The summed E-state index contributed by atoms with van der Waals surface area (Å²) in [4.78, 5) is 24.0. The van der Waals surface area contributed by atoms with E-state index in [0.29, 0.717) is 18.0 Å². The number of esters is 1. The first-order chi connectivity index (χ1) is 13.0. The number of carbonyl (C=O) groups excluding carboxylic acids is 2. The van der Waals surface area contributed by atoms with Crippen LogP contribution in [-0.4, -0.2) is 24.8 Å². The largest absolute Gasteiger partial charge is 0.454 e. The van der Waals surface area contributed by atoms with Gasteiger partial charge in [0.25, 0.3) is 5.91 Å². The Morgan fingerprint density at radius 3 is 2.81 bits per heavy atom. The Labute approximate surface area is 157 Å². The van der Waals surface area contributed by atoms with Gasteiger partial charge in [-0.15, -0.1) is 0 Å². The minimum absolute atomic E-state index is 0.203. The van der Waals surface area contributed by atoms with E-state index in [1.54, 1.807) is 12.1 Å². The molecule has 0 saturated carbocycles. The molecule has 0 fully saturated rings. The normalized spacial score (nSPS) is 13.4. The second-order valence-electron chi connectivity index (χ2n) is 6.23. The molecule has 6 heteroatoms. The van der Waals surface area contributed by atoms with Gasteiger partial charge in [0.1, 0.15) is 0 Å². The summed E-state index contributed by atoms with van der Waals surface area (Å²) in [5.74, 6) is 0.405. The zero-order valence-electron chi connectivity index (χ0n) is 15.2. The highest BCUT2D eigenvalue weighted by Crippen LogP contribution is 2.32. The van der Waals surface area contributed by atoms with Gasteiger partial charge in [0.05, 0.1) is 0 Å². The molecule has 1 heterocycles. The minimum atomic E-state index is -0.895. The van der Waals surface area contributed by atoms with Crippen LogP contribution in [-0.2, 0) is 20.9 Å². The Kier molecular flexibility index (Phi) is 5.76. The lowest BCUT2D eigenvalue weighted by Gasteiger charge is -2.12. The van der Waals surface area contributed by atoms with E-state index in [0.717, 1.165) is 16.7 Å². The molecule has 1 aliphatic rings. The molecular weight excluding hydrogens is 346 g/mol. The fourth-order valence-electron chi connectivity index (χ4n) is 2.59. The van der Waals surface area contributed by atoms with Gasteiger partial charge in [0.2, 0.25) is 6.79 Å². The summed E-state index contributed by atoms with van der Waals surface area (Å²) in [6, 6.07) is 13.2. The molecular formula is C21H21NO5. The molecule has 2 aromatic carbocycles. The first-order valence-corrected chi connectivity index (χ1v) is 8.63. The van der Waals surface area contributed by atoms with Crippen LogP contribution < -0.4 is 14.8 Å². The second-order valence-corrected chi connectivity index (χ2v) is 6.23. The molecule has 0 spiro atoms. The summed E-state index contributed by atoms with van der Waals surface area (Å²) in [5, 5.41) is 2.74. The predicted octanol–water partition coefficient (Wildman–Crippen LogP) is 2.99. The van der Waals surface area contributed by atoms with E-state index in [2.05, 4.69) is 5.32 Å². The number of carbonyl (C=O) groups is 2. The van der Waals surface area contributed by atoms with Gasteiger partial charge < -0.3 is 19.5 Å². The number of aryl methyl sites for hydroxylation is 1. The third-order valence-corrected chi connectivity index (χ3v) is 4.02. The van der Waals surface area contributed by atoms with Crippen LogP contribution in [0.3, 0.4) is 0 Å². The second kappa shape index (κ2) is 8.40. The van der Waals surface area contributed by atoms with Gasteiger partial charge in [-0.1, -0.05) is 35.9 Å². The van der Waals surface area contributed by atoms with Crippen molar-refractivity contribution < 1.29 is 23.8 Å². The molecule has 1 atom stereocenters. The Bertz CT molecular complexity index is 875. The number of ether oxygens (including phenoxy) is 3. The van der Waals surface area contributed by atoms with E-state index in [4.69, 9.17) is 14.2 Å². The van der Waals surface area contributed by atoms with Gasteiger partial charge in [0, 0.05) is 12.6 Å². The van der Waals surface area contributed by atoms with Crippen molar-refractivity contribution in [1.82, 2.24) is 5.32 Å². The molecule has 1 aliphatic heterocycles. The molecule has 2 aromatic rings. The predicted molar refractivity (Wildman–Crippen MR) is 100 cm³/mol. The maximum Gasteiger partial charge on any atom is 0.331 e. The van der Waals surface area contributed by atoms with Crippen LogP contribution >= 0.6 is 0 Å². The fourth-order valence-corrected chi connectivity index (χ4v) is 2.59. The van der Waals surface area contributed by atoms with E-state index in [1.165, 1.54) is 13.0 Å². The fraction of sp³-hybridized carbons (Fsp3) is 0.238. The first-order valence-electron chi connectivity index (χ1n) is 8.63. The summed E-state index contributed by atoms with van der Waals surface area (Å²) >= 11 is 0. The number of nitrogens with one attached hydrogen (secondary N) is 1. The minimum Gasteiger partial charge on any atom is -0.454 e. The maximum atomic E-state index is 12.1. The van der Waals surface area contributed by atoms with Crippen LogP contribution in [0.25, 0.3) is 6.08 Å². The van der Waals surface area contributed by atoms with Gasteiger partial charge in [-0.2, -0.15) is 0 Å². The van der Waals surface area contributed by atoms with E-state index < -0.39 is 12.1 Å². The van der Waals surface area contributed by atoms with Crippen LogP contribution in [0.15, 0.2) is 48.5 Å². The number of fused-ring (bicyclic) bond motifs is 1. The highest BCUT2D eigenvalue weighted by molar-refractivity contribution is 5.90. The Hall–Kier alpha value is -3.28. The van der Waals surface area contributed by atoms with Gasteiger partial charge >= 0.3 is 5.97 Å². The monoisotopic (exact) mass is 367 g/mol.